The second-order valence-corrected chi connectivity index (χ2v) is 5.47. The van der Waals surface area contributed by atoms with Gasteiger partial charge in [-0.2, -0.15) is 0 Å². The normalized spacial score (nSPS) is 11.1. The van der Waals surface area contributed by atoms with Crippen molar-refractivity contribution >= 4 is 22.6 Å². The highest BCUT2D eigenvalue weighted by Crippen LogP contribution is 2.18. The van der Waals surface area contributed by atoms with Gasteiger partial charge in [0.25, 0.3) is 0 Å². The summed E-state index contributed by atoms with van der Waals surface area (Å²) in [6.07, 6.45) is 1.87. The molecule has 1 aromatic heterocycles. The maximum atomic E-state index is 12.2. The molecule has 0 aliphatic carbocycles. The zero-order chi connectivity index (χ0) is 16.3. The minimum absolute atomic E-state index is 0.183. The van der Waals surface area contributed by atoms with Crippen molar-refractivity contribution in [2.24, 2.45) is 5.92 Å². The van der Waals surface area contributed by atoms with E-state index in [0.717, 1.165) is 12.8 Å². The number of nitrogens with one attached hydrogen (secondary N) is 2. The molecule has 6 nitrogen and oxygen atoms in total. The number of hydrogen-bond donors (Lipinski definition) is 2. The second-order valence-electron chi connectivity index (χ2n) is 5.47. The van der Waals surface area contributed by atoms with E-state index in [4.69, 9.17) is 0 Å². The molecule has 0 saturated heterocycles. The van der Waals surface area contributed by atoms with Crippen LogP contribution in [0.1, 0.15) is 33.6 Å². The number of nitrogens with zero attached hydrogens (tertiary/aromatic N) is 1. The average molecular weight is 303 g/mol. The van der Waals surface area contributed by atoms with Gasteiger partial charge in [0.05, 0.1) is 11.0 Å². The third kappa shape index (κ3) is 3.27. The molecular formula is C16H21N3O3. The number of fused-ring (bicyclic) bond motifs is 1. The molecule has 1 amide bonds. The van der Waals surface area contributed by atoms with E-state index < -0.39 is 11.1 Å². The number of amides is 1. The van der Waals surface area contributed by atoms with Gasteiger partial charge in [-0.25, -0.2) is 0 Å². The van der Waals surface area contributed by atoms with E-state index >= 15 is 0 Å². The molecule has 1 heterocycles. The third-order valence-corrected chi connectivity index (χ3v) is 3.89. The molecule has 0 fully saturated rings. The second kappa shape index (κ2) is 6.60. The van der Waals surface area contributed by atoms with E-state index in [1.807, 2.05) is 0 Å². The lowest BCUT2D eigenvalue weighted by Crippen LogP contribution is -2.37. The van der Waals surface area contributed by atoms with Crippen molar-refractivity contribution < 1.29 is 4.79 Å². The fraction of sp³-hybridized carbons (Fsp3) is 0.438. The molecule has 1 aromatic carbocycles. The van der Waals surface area contributed by atoms with Crippen LogP contribution in [0.2, 0.25) is 0 Å². The van der Waals surface area contributed by atoms with E-state index in [9.17, 15) is 14.4 Å². The van der Waals surface area contributed by atoms with Gasteiger partial charge in [0, 0.05) is 19.2 Å². The smallest absolute Gasteiger partial charge is 0.316 e. The summed E-state index contributed by atoms with van der Waals surface area (Å²) >= 11 is 0. The lowest BCUT2D eigenvalue weighted by Gasteiger charge is -2.16. The van der Waals surface area contributed by atoms with Crippen molar-refractivity contribution in [3.05, 3.63) is 38.9 Å². The maximum Gasteiger partial charge on any atom is 0.316 e. The van der Waals surface area contributed by atoms with Gasteiger partial charge >= 0.3 is 11.1 Å². The quantitative estimate of drug-likeness (QED) is 0.829. The molecule has 0 atom stereocenters. The van der Waals surface area contributed by atoms with Gasteiger partial charge in [-0.15, -0.1) is 0 Å². The fourth-order valence-corrected chi connectivity index (χ4v) is 2.54. The summed E-state index contributed by atoms with van der Waals surface area (Å²) in [5.74, 6) is 0.143. The Bertz CT molecular complexity index is 800. The summed E-state index contributed by atoms with van der Waals surface area (Å²) in [5.41, 5.74) is 0.641. The lowest BCUT2D eigenvalue weighted by molar-refractivity contribution is -0.114. The minimum atomic E-state index is -0.620. The molecule has 0 radical (unpaired) electrons. The number of rotatable bonds is 5. The Labute approximate surface area is 128 Å². The standard InChI is InChI=1S/C16H21N3O3/c1-4-11(5-2)9-19-14-8-12(17-10(3)20)6-7-13(14)18-15(21)16(19)22/h6-8,11H,4-5,9H2,1-3H3,(H,17,20)(H,18,21). The highest BCUT2D eigenvalue weighted by Gasteiger charge is 2.12. The van der Waals surface area contributed by atoms with E-state index in [2.05, 4.69) is 24.1 Å². The van der Waals surface area contributed by atoms with Gasteiger partial charge in [-0.3, -0.25) is 14.4 Å². The van der Waals surface area contributed by atoms with Gasteiger partial charge in [0.1, 0.15) is 0 Å². The zero-order valence-electron chi connectivity index (χ0n) is 13.1. The summed E-state index contributed by atoms with van der Waals surface area (Å²) in [6.45, 7) is 6.05. The predicted molar refractivity (Wildman–Crippen MR) is 87.2 cm³/mol. The number of carbonyl (C=O) groups is 1. The van der Waals surface area contributed by atoms with Crippen LogP contribution in [0, 0.1) is 5.92 Å². The van der Waals surface area contributed by atoms with E-state index in [0.29, 0.717) is 29.2 Å². The summed E-state index contributed by atoms with van der Waals surface area (Å²) in [4.78, 5) is 37.8. The molecule has 2 aromatic rings. The molecule has 6 heteroatoms. The molecule has 22 heavy (non-hydrogen) atoms. The van der Waals surface area contributed by atoms with Crippen LogP contribution < -0.4 is 16.4 Å². The first-order chi connectivity index (χ1) is 10.5. The maximum absolute atomic E-state index is 12.2. The number of H-pyrrole nitrogens is 1. The summed E-state index contributed by atoms with van der Waals surface area (Å²) < 4.78 is 1.51. The molecule has 0 saturated carbocycles. The van der Waals surface area contributed by atoms with Crippen LogP contribution in [0.25, 0.3) is 11.0 Å². The molecule has 2 rings (SSSR count). The molecule has 0 aliphatic heterocycles. The van der Waals surface area contributed by atoms with Gasteiger partial charge in [-0.1, -0.05) is 26.7 Å². The number of benzene rings is 1. The van der Waals surface area contributed by atoms with Crippen LogP contribution in [0.15, 0.2) is 27.8 Å². The molecule has 0 unspecified atom stereocenters. The van der Waals surface area contributed by atoms with Crippen LogP contribution in [0.5, 0.6) is 0 Å². The number of hydrogen-bond acceptors (Lipinski definition) is 3. The minimum Gasteiger partial charge on any atom is -0.326 e. The van der Waals surface area contributed by atoms with Crippen molar-refractivity contribution in [1.29, 1.82) is 0 Å². The summed E-state index contributed by atoms with van der Waals surface area (Å²) in [6, 6.07) is 5.12. The Morgan fingerprint density at radius 1 is 1.27 bits per heavy atom. The number of aromatic nitrogens is 2. The Balaban J connectivity index is 2.63. The van der Waals surface area contributed by atoms with Gasteiger partial charge in [0.15, 0.2) is 0 Å². The Morgan fingerprint density at radius 3 is 2.55 bits per heavy atom. The Kier molecular flexibility index (Phi) is 4.80. The van der Waals surface area contributed by atoms with E-state index in [1.165, 1.54) is 11.5 Å². The van der Waals surface area contributed by atoms with E-state index in [1.54, 1.807) is 18.2 Å². The van der Waals surface area contributed by atoms with Crippen LogP contribution in [-0.4, -0.2) is 15.5 Å². The number of anilines is 1. The first kappa shape index (κ1) is 16.0. The van der Waals surface area contributed by atoms with Crippen molar-refractivity contribution in [3.63, 3.8) is 0 Å². The number of carbonyl (C=O) groups excluding carboxylic acids is 1. The van der Waals surface area contributed by atoms with Gasteiger partial charge in [0.2, 0.25) is 5.91 Å². The highest BCUT2D eigenvalue weighted by atomic mass is 16.2. The van der Waals surface area contributed by atoms with Crippen molar-refractivity contribution in [1.82, 2.24) is 9.55 Å². The first-order valence-corrected chi connectivity index (χ1v) is 7.50. The largest absolute Gasteiger partial charge is 0.326 e. The van der Waals surface area contributed by atoms with Crippen LogP contribution in [0.4, 0.5) is 5.69 Å². The van der Waals surface area contributed by atoms with Crippen LogP contribution in [-0.2, 0) is 11.3 Å². The van der Waals surface area contributed by atoms with Crippen molar-refractivity contribution in [3.8, 4) is 0 Å². The fourth-order valence-electron chi connectivity index (χ4n) is 2.54. The molecule has 0 aliphatic rings. The molecule has 2 N–H and O–H groups in total. The Hall–Kier alpha value is -2.37. The lowest BCUT2D eigenvalue weighted by atomic mass is 10.0. The van der Waals surface area contributed by atoms with Gasteiger partial charge in [-0.05, 0) is 24.1 Å². The Morgan fingerprint density at radius 2 is 1.95 bits per heavy atom. The first-order valence-electron chi connectivity index (χ1n) is 7.50. The van der Waals surface area contributed by atoms with E-state index in [-0.39, 0.29) is 5.91 Å². The number of aromatic amines is 1. The molecule has 118 valence electrons. The van der Waals surface area contributed by atoms with Crippen molar-refractivity contribution in [2.75, 3.05) is 5.32 Å². The molecular weight excluding hydrogens is 282 g/mol. The molecule has 0 bridgehead atoms. The summed E-state index contributed by atoms with van der Waals surface area (Å²) in [5, 5.41) is 2.69. The summed E-state index contributed by atoms with van der Waals surface area (Å²) in [7, 11) is 0. The topological polar surface area (TPSA) is 84.0 Å². The predicted octanol–water partition coefficient (Wildman–Crippen LogP) is 2.08. The zero-order valence-corrected chi connectivity index (χ0v) is 13.1. The monoisotopic (exact) mass is 303 g/mol. The van der Waals surface area contributed by atoms with Gasteiger partial charge < -0.3 is 14.9 Å². The molecule has 0 spiro atoms. The SMILES string of the molecule is CCC(CC)Cn1c(=O)c(=O)[nH]c2ccc(NC(C)=O)cc21. The van der Waals surface area contributed by atoms with Crippen LogP contribution in [0.3, 0.4) is 0 Å². The third-order valence-electron chi connectivity index (χ3n) is 3.89. The van der Waals surface area contributed by atoms with Crippen LogP contribution >= 0.6 is 0 Å². The average Bonchev–Trinajstić information content (AvgIpc) is 2.48. The highest BCUT2D eigenvalue weighted by molar-refractivity contribution is 5.91. The van der Waals surface area contributed by atoms with Crippen molar-refractivity contribution in [2.45, 2.75) is 40.2 Å².